The Hall–Kier alpha value is -3.38. The van der Waals surface area contributed by atoms with Gasteiger partial charge in [-0.15, -0.1) is 10.2 Å². The second-order valence-corrected chi connectivity index (χ2v) is 8.29. The number of aromatic amines is 1. The summed E-state index contributed by atoms with van der Waals surface area (Å²) >= 11 is 1.15. The molecular formula is C20H23N7O4S. The van der Waals surface area contributed by atoms with Gasteiger partial charge in [-0.3, -0.25) is 23.7 Å². The van der Waals surface area contributed by atoms with E-state index in [2.05, 4.69) is 20.1 Å². The van der Waals surface area contributed by atoms with Gasteiger partial charge in [0.1, 0.15) is 11.4 Å². The highest BCUT2D eigenvalue weighted by atomic mass is 32.2. The van der Waals surface area contributed by atoms with Crippen molar-refractivity contribution in [3.63, 3.8) is 0 Å². The Balaban J connectivity index is 1.66. The third kappa shape index (κ3) is 4.18. The average molecular weight is 458 g/mol. The van der Waals surface area contributed by atoms with E-state index in [1.54, 1.807) is 0 Å². The Morgan fingerprint density at radius 1 is 1.25 bits per heavy atom. The van der Waals surface area contributed by atoms with E-state index in [1.165, 1.54) is 7.05 Å². The molecule has 3 N–H and O–H groups in total. The van der Waals surface area contributed by atoms with Crippen molar-refractivity contribution in [1.82, 2.24) is 24.3 Å². The number of nitrogens with two attached hydrogens (primary N) is 1. The molecule has 1 aliphatic rings. The first-order valence-corrected chi connectivity index (χ1v) is 11.0. The number of hydrogen-bond acceptors (Lipinski definition) is 9. The molecule has 12 heteroatoms. The molecule has 1 aliphatic heterocycles. The number of anilines is 2. The molecule has 3 heterocycles. The molecule has 0 radical (unpaired) electrons. The molecule has 168 valence electrons. The van der Waals surface area contributed by atoms with Gasteiger partial charge < -0.3 is 15.4 Å². The lowest BCUT2D eigenvalue weighted by Gasteiger charge is -2.28. The Morgan fingerprint density at radius 3 is 2.72 bits per heavy atom. The molecule has 1 aromatic carbocycles. The Bertz CT molecular complexity index is 1270. The number of thioether (sulfide) groups is 1. The van der Waals surface area contributed by atoms with Gasteiger partial charge in [0.15, 0.2) is 10.9 Å². The topological polar surface area (TPSA) is 141 Å². The minimum absolute atomic E-state index is 0.0987. The van der Waals surface area contributed by atoms with Gasteiger partial charge in [-0.2, -0.15) is 0 Å². The van der Waals surface area contributed by atoms with Gasteiger partial charge in [0.05, 0.1) is 24.7 Å². The highest BCUT2D eigenvalue weighted by Gasteiger charge is 2.24. The summed E-state index contributed by atoms with van der Waals surface area (Å²) < 4.78 is 8.37. The van der Waals surface area contributed by atoms with E-state index in [4.69, 9.17) is 10.5 Å². The van der Waals surface area contributed by atoms with Crippen LogP contribution in [0.1, 0.15) is 15.9 Å². The lowest BCUT2D eigenvalue weighted by molar-refractivity contribution is 0.102. The Kier molecular flexibility index (Phi) is 6.15. The number of nitrogens with zero attached hydrogens (tertiary/aromatic N) is 5. The molecule has 0 aliphatic carbocycles. The van der Waals surface area contributed by atoms with E-state index in [-0.39, 0.29) is 17.1 Å². The molecule has 0 bridgehead atoms. The molecule has 2 aromatic heterocycles. The highest BCUT2D eigenvalue weighted by Crippen LogP contribution is 2.28. The molecule has 0 unspecified atom stereocenters. The summed E-state index contributed by atoms with van der Waals surface area (Å²) in [5.41, 5.74) is 6.07. The summed E-state index contributed by atoms with van der Waals surface area (Å²) in [5, 5.41) is 9.18. The monoisotopic (exact) mass is 457 g/mol. The van der Waals surface area contributed by atoms with Gasteiger partial charge in [-0.1, -0.05) is 23.9 Å². The number of nitrogens with one attached hydrogen (secondary N) is 1. The molecule has 4 rings (SSSR count). The van der Waals surface area contributed by atoms with E-state index >= 15 is 0 Å². The number of ketones is 1. The number of H-pyrrole nitrogens is 1. The van der Waals surface area contributed by atoms with Crippen LogP contribution in [0.4, 0.5) is 11.8 Å². The first-order valence-electron chi connectivity index (χ1n) is 9.96. The SMILES string of the molecule is Cc1cccc(-n2c(SCC(=O)c3c(N)n(C)c(=O)[nH]c3=O)nnc2N2CCOCC2)c1. The summed E-state index contributed by atoms with van der Waals surface area (Å²) in [5.74, 6) is -0.110. The second-order valence-electron chi connectivity index (χ2n) is 7.35. The van der Waals surface area contributed by atoms with Gasteiger partial charge >= 0.3 is 5.69 Å². The third-order valence-corrected chi connectivity index (χ3v) is 6.08. The standard InChI is InChI=1S/C20H23N7O4S/c1-12-4-3-5-13(10-12)27-18(26-6-8-31-9-7-26)23-24-20(27)32-11-14(28)15-16(21)25(2)19(30)22-17(15)29/h3-5,10H,6-9,11,21H2,1-2H3,(H,22,29,30). The molecule has 0 spiro atoms. The number of morpholine rings is 1. The summed E-state index contributed by atoms with van der Waals surface area (Å²) in [6, 6.07) is 7.89. The van der Waals surface area contributed by atoms with Crippen molar-refractivity contribution in [2.24, 2.45) is 7.05 Å². The van der Waals surface area contributed by atoms with Crippen molar-refractivity contribution in [2.75, 3.05) is 42.7 Å². The van der Waals surface area contributed by atoms with Gasteiger partial charge in [-0.05, 0) is 24.6 Å². The van der Waals surface area contributed by atoms with Crippen molar-refractivity contribution in [1.29, 1.82) is 0 Å². The normalized spacial score (nSPS) is 14.0. The predicted molar refractivity (Wildman–Crippen MR) is 121 cm³/mol. The van der Waals surface area contributed by atoms with E-state index < -0.39 is 17.0 Å². The molecular weight excluding hydrogens is 434 g/mol. The van der Waals surface area contributed by atoms with E-state index in [0.717, 1.165) is 27.6 Å². The Morgan fingerprint density at radius 2 is 2.00 bits per heavy atom. The van der Waals surface area contributed by atoms with Crippen LogP contribution in [0.5, 0.6) is 0 Å². The Labute approximate surface area is 187 Å². The first-order chi connectivity index (χ1) is 15.4. The van der Waals surface area contributed by atoms with Crippen molar-refractivity contribution in [3.8, 4) is 5.69 Å². The molecule has 11 nitrogen and oxygen atoms in total. The van der Waals surface area contributed by atoms with Gasteiger partial charge in [-0.25, -0.2) is 4.79 Å². The number of carbonyl (C=O) groups is 1. The van der Waals surface area contributed by atoms with Gasteiger partial charge in [0.2, 0.25) is 5.95 Å². The van der Waals surface area contributed by atoms with Gasteiger partial charge in [0.25, 0.3) is 5.56 Å². The van der Waals surface area contributed by atoms with Crippen LogP contribution in [0.25, 0.3) is 5.69 Å². The molecule has 0 atom stereocenters. The van der Waals surface area contributed by atoms with Crippen molar-refractivity contribution < 1.29 is 9.53 Å². The molecule has 0 amide bonds. The van der Waals surface area contributed by atoms with Crippen LogP contribution < -0.4 is 21.9 Å². The number of ether oxygens (including phenoxy) is 1. The quantitative estimate of drug-likeness (QED) is 0.396. The molecule has 1 fully saturated rings. The number of nitrogen functional groups attached to an aromatic ring is 1. The van der Waals surface area contributed by atoms with Crippen molar-refractivity contribution >= 4 is 29.3 Å². The number of benzene rings is 1. The molecule has 32 heavy (non-hydrogen) atoms. The zero-order chi connectivity index (χ0) is 22.8. The lowest BCUT2D eigenvalue weighted by atomic mass is 10.2. The zero-order valence-corrected chi connectivity index (χ0v) is 18.5. The number of Topliss-reactive ketones (excluding diaryl/α,β-unsaturated/α-hetero) is 1. The average Bonchev–Trinajstić information content (AvgIpc) is 3.21. The predicted octanol–water partition coefficient (Wildman–Crippen LogP) is 0.357. The van der Waals surface area contributed by atoms with Crippen LogP contribution in [-0.2, 0) is 11.8 Å². The van der Waals surface area contributed by atoms with Crippen LogP contribution >= 0.6 is 11.8 Å². The van der Waals surface area contributed by atoms with Crippen LogP contribution in [0.2, 0.25) is 0 Å². The number of aromatic nitrogens is 5. The van der Waals surface area contributed by atoms with E-state index in [9.17, 15) is 14.4 Å². The summed E-state index contributed by atoms with van der Waals surface area (Å²) in [6.07, 6.45) is 0. The van der Waals surface area contributed by atoms with Crippen LogP contribution in [0.15, 0.2) is 39.0 Å². The zero-order valence-electron chi connectivity index (χ0n) is 17.7. The van der Waals surface area contributed by atoms with Crippen LogP contribution in [-0.4, -0.2) is 62.2 Å². The van der Waals surface area contributed by atoms with E-state index in [0.29, 0.717) is 37.4 Å². The number of carbonyl (C=O) groups excluding carboxylic acids is 1. The maximum atomic E-state index is 12.8. The molecule has 3 aromatic rings. The number of aryl methyl sites for hydroxylation is 1. The first kappa shape index (κ1) is 21.8. The van der Waals surface area contributed by atoms with Crippen LogP contribution in [0, 0.1) is 6.92 Å². The number of hydrogen-bond donors (Lipinski definition) is 2. The maximum absolute atomic E-state index is 12.8. The molecule has 0 saturated carbocycles. The fraction of sp³-hybridized carbons (Fsp3) is 0.350. The second kappa shape index (κ2) is 9.01. The maximum Gasteiger partial charge on any atom is 0.329 e. The van der Waals surface area contributed by atoms with E-state index in [1.807, 2.05) is 35.8 Å². The van der Waals surface area contributed by atoms with Crippen molar-refractivity contribution in [3.05, 3.63) is 56.2 Å². The summed E-state index contributed by atoms with van der Waals surface area (Å²) in [4.78, 5) is 40.8. The summed E-state index contributed by atoms with van der Waals surface area (Å²) in [7, 11) is 1.39. The smallest absolute Gasteiger partial charge is 0.329 e. The largest absolute Gasteiger partial charge is 0.384 e. The number of rotatable bonds is 6. The van der Waals surface area contributed by atoms with Crippen LogP contribution in [0.3, 0.4) is 0 Å². The summed E-state index contributed by atoms with van der Waals surface area (Å²) in [6.45, 7) is 4.54. The highest BCUT2D eigenvalue weighted by molar-refractivity contribution is 7.99. The third-order valence-electron chi connectivity index (χ3n) is 5.15. The van der Waals surface area contributed by atoms with Crippen molar-refractivity contribution in [2.45, 2.75) is 12.1 Å². The molecule has 1 saturated heterocycles. The minimum atomic E-state index is -0.801. The van der Waals surface area contributed by atoms with Gasteiger partial charge in [0, 0.05) is 20.1 Å². The fourth-order valence-electron chi connectivity index (χ4n) is 3.43. The minimum Gasteiger partial charge on any atom is -0.384 e. The lowest BCUT2D eigenvalue weighted by Crippen LogP contribution is -2.37. The fourth-order valence-corrected chi connectivity index (χ4v) is 4.24.